The summed E-state index contributed by atoms with van der Waals surface area (Å²) in [4.78, 5) is 23.2. The lowest BCUT2D eigenvalue weighted by Crippen LogP contribution is -2.49. The maximum absolute atomic E-state index is 11.6. The molecule has 0 saturated carbocycles. The quantitative estimate of drug-likeness (QED) is 0.879. The van der Waals surface area contributed by atoms with Gasteiger partial charge in [-0.2, -0.15) is 5.26 Å². The number of nitrogens with one attached hydrogen (secondary N) is 2. The topological polar surface area (TPSA) is 100 Å². The maximum atomic E-state index is 11.6. The number of amides is 3. The number of imide groups is 1. The fraction of sp³-hybridized carbons (Fsp3) is 0.400. The second kappa shape index (κ2) is 7.31. The third-order valence-corrected chi connectivity index (χ3v) is 2.39. The van der Waals surface area contributed by atoms with E-state index in [1.165, 1.54) is 19.2 Å². The Kier molecular flexibility index (Phi) is 5.75. The highest BCUT2D eigenvalue weighted by atomic mass is 16.5. The number of urea groups is 1. The minimum atomic E-state index is -0.590. The summed E-state index contributed by atoms with van der Waals surface area (Å²) in [5.74, 6) is 0.0621. The first-order chi connectivity index (χ1) is 10.2. The standard InChI is InChI=1S/C15H19N3O4/c1-15(2,3)18-14(20)17-13(19)9-22-11-6-5-10(8-16)7-12(11)21-4/h5-7H,9H2,1-4H3,(H2,17,18,19,20). The van der Waals surface area contributed by atoms with Gasteiger partial charge in [0.15, 0.2) is 18.1 Å². The average Bonchev–Trinajstić information content (AvgIpc) is 2.42. The lowest BCUT2D eigenvalue weighted by atomic mass is 10.1. The Labute approximate surface area is 129 Å². The molecule has 0 aliphatic heterocycles. The van der Waals surface area contributed by atoms with Gasteiger partial charge in [0.05, 0.1) is 18.7 Å². The largest absolute Gasteiger partial charge is 0.493 e. The number of rotatable bonds is 4. The molecular formula is C15H19N3O4. The fourth-order valence-corrected chi connectivity index (χ4v) is 1.53. The highest BCUT2D eigenvalue weighted by Crippen LogP contribution is 2.27. The number of nitriles is 1. The van der Waals surface area contributed by atoms with Crippen molar-refractivity contribution < 1.29 is 19.1 Å². The molecule has 7 nitrogen and oxygen atoms in total. The van der Waals surface area contributed by atoms with E-state index in [0.717, 1.165) is 0 Å². The Bertz CT molecular complexity index is 600. The zero-order valence-electron chi connectivity index (χ0n) is 13.0. The molecule has 1 aromatic carbocycles. The molecule has 2 N–H and O–H groups in total. The van der Waals surface area contributed by atoms with E-state index in [4.69, 9.17) is 14.7 Å². The highest BCUT2D eigenvalue weighted by Gasteiger charge is 2.16. The van der Waals surface area contributed by atoms with Gasteiger partial charge in [-0.1, -0.05) is 0 Å². The number of nitrogens with zero attached hydrogens (tertiary/aromatic N) is 1. The summed E-state index contributed by atoms with van der Waals surface area (Å²) >= 11 is 0. The second-order valence-corrected chi connectivity index (χ2v) is 5.52. The molecule has 0 atom stereocenters. The van der Waals surface area contributed by atoms with Crippen LogP contribution in [0.5, 0.6) is 11.5 Å². The van der Waals surface area contributed by atoms with E-state index in [1.807, 2.05) is 6.07 Å². The summed E-state index contributed by atoms with van der Waals surface area (Å²) in [6.45, 7) is 5.05. The Morgan fingerprint density at radius 1 is 1.27 bits per heavy atom. The molecule has 1 rings (SSSR count). The van der Waals surface area contributed by atoms with Crippen molar-refractivity contribution in [3.05, 3.63) is 23.8 Å². The lowest BCUT2D eigenvalue weighted by molar-refractivity contribution is -0.122. The van der Waals surface area contributed by atoms with Gasteiger partial charge in [0.25, 0.3) is 5.91 Å². The molecule has 0 aliphatic carbocycles. The molecule has 0 aromatic heterocycles. The number of methoxy groups -OCH3 is 1. The van der Waals surface area contributed by atoms with E-state index in [2.05, 4.69) is 10.6 Å². The predicted octanol–water partition coefficient (Wildman–Crippen LogP) is 1.57. The van der Waals surface area contributed by atoms with E-state index < -0.39 is 17.5 Å². The Hall–Kier alpha value is -2.75. The van der Waals surface area contributed by atoms with Crippen LogP contribution in [0.2, 0.25) is 0 Å². The van der Waals surface area contributed by atoms with Crippen LogP contribution in [0.1, 0.15) is 26.3 Å². The molecule has 0 radical (unpaired) electrons. The van der Waals surface area contributed by atoms with Crippen molar-refractivity contribution in [2.75, 3.05) is 13.7 Å². The van der Waals surface area contributed by atoms with Gasteiger partial charge in [0, 0.05) is 11.6 Å². The van der Waals surface area contributed by atoms with Crippen LogP contribution in [-0.4, -0.2) is 31.2 Å². The van der Waals surface area contributed by atoms with Crippen molar-refractivity contribution in [1.82, 2.24) is 10.6 Å². The predicted molar refractivity (Wildman–Crippen MR) is 79.6 cm³/mol. The number of carbonyl (C=O) groups is 2. The zero-order valence-corrected chi connectivity index (χ0v) is 13.0. The number of hydrogen-bond donors (Lipinski definition) is 2. The number of hydrogen-bond acceptors (Lipinski definition) is 5. The SMILES string of the molecule is COc1cc(C#N)ccc1OCC(=O)NC(=O)NC(C)(C)C. The molecule has 3 amide bonds. The van der Waals surface area contributed by atoms with Gasteiger partial charge in [0.1, 0.15) is 0 Å². The molecule has 0 bridgehead atoms. The average molecular weight is 305 g/mol. The molecule has 118 valence electrons. The van der Waals surface area contributed by atoms with E-state index in [-0.39, 0.29) is 6.61 Å². The molecule has 22 heavy (non-hydrogen) atoms. The molecule has 1 aromatic rings. The van der Waals surface area contributed by atoms with Crippen molar-refractivity contribution in [3.63, 3.8) is 0 Å². The first-order valence-electron chi connectivity index (χ1n) is 6.58. The van der Waals surface area contributed by atoms with Crippen molar-refractivity contribution in [3.8, 4) is 17.6 Å². The molecule has 7 heteroatoms. The molecule has 0 heterocycles. The van der Waals surface area contributed by atoms with Crippen molar-refractivity contribution >= 4 is 11.9 Å². The minimum Gasteiger partial charge on any atom is -0.493 e. The third kappa shape index (κ3) is 5.71. The molecule has 0 unspecified atom stereocenters. The molecular weight excluding hydrogens is 286 g/mol. The molecule has 0 saturated heterocycles. The van der Waals surface area contributed by atoms with Crippen LogP contribution in [0.15, 0.2) is 18.2 Å². The van der Waals surface area contributed by atoms with Crippen molar-refractivity contribution in [2.45, 2.75) is 26.3 Å². The van der Waals surface area contributed by atoms with Gasteiger partial charge >= 0.3 is 6.03 Å². The Morgan fingerprint density at radius 2 is 1.95 bits per heavy atom. The number of carbonyl (C=O) groups excluding carboxylic acids is 2. The van der Waals surface area contributed by atoms with Crippen molar-refractivity contribution in [1.29, 1.82) is 5.26 Å². The summed E-state index contributed by atoms with van der Waals surface area (Å²) < 4.78 is 10.4. The molecule has 0 fully saturated rings. The maximum Gasteiger partial charge on any atom is 0.321 e. The van der Waals surface area contributed by atoms with Crippen LogP contribution in [0, 0.1) is 11.3 Å². The number of benzene rings is 1. The van der Waals surface area contributed by atoms with E-state index in [9.17, 15) is 9.59 Å². The monoisotopic (exact) mass is 305 g/mol. The van der Waals surface area contributed by atoms with E-state index in [1.54, 1.807) is 26.8 Å². The fourth-order valence-electron chi connectivity index (χ4n) is 1.53. The smallest absolute Gasteiger partial charge is 0.321 e. The highest BCUT2D eigenvalue weighted by molar-refractivity contribution is 5.95. The first kappa shape index (κ1) is 17.3. The summed E-state index contributed by atoms with van der Waals surface area (Å²) in [6.07, 6.45) is 0. The summed E-state index contributed by atoms with van der Waals surface area (Å²) in [6, 6.07) is 5.95. The zero-order chi connectivity index (χ0) is 16.8. The minimum absolute atomic E-state index is 0.313. The van der Waals surface area contributed by atoms with Gasteiger partial charge in [-0.3, -0.25) is 10.1 Å². The Balaban J connectivity index is 2.58. The summed E-state index contributed by atoms with van der Waals surface area (Å²) in [7, 11) is 1.43. The summed E-state index contributed by atoms with van der Waals surface area (Å²) in [5, 5.41) is 13.6. The van der Waals surface area contributed by atoms with Crippen LogP contribution >= 0.6 is 0 Å². The second-order valence-electron chi connectivity index (χ2n) is 5.52. The van der Waals surface area contributed by atoms with Crippen LogP contribution in [0.25, 0.3) is 0 Å². The summed E-state index contributed by atoms with van der Waals surface area (Å²) in [5.41, 5.74) is -0.0279. The van der Waals surface area contributed by atoms with Crippen LogP contribution in [0.4, 0.5) is 4.79 Å². The lowest BCUT2D eigenvalue weighted by Gasteiger charge is -2.20. The first-order valence-corrected chi connectivity index (χ1v) is 6.58. The third-order valence-electron chi connectivity index (χ3n) is 2.39. The van der Waals surface area contributed by atoms with Gasteiger partial charge in [-0.05, 0) is 32.9 Å². The van der Waals surface area contributed by atoms with Gasteiger partial charge in [0.2, 0.25) is 0 Å². The number of ether oxygens (including phenoxy) is 2. The van der Waals surface area contributed by atoms with E-state index >= 15 is 0 Å². The molecule has 0 spiro atoms. The van der Waals surface area contributed by atoms with Crippen molar-refractivity contribution in [2.24, 2.45) is 0 Å². The van der Waals surface area contributed by atoms with Gasteiger partial charge < -0.3 is 14.8 Å². The van der Waals surface area contributed by atoms with Crippen LogP contribution < -0.4 is 20.1 Å². The van der Waals surface area contributed by atoms with E-state index in [0.29, 0.717) is 17.1 Å². The van der Waals surface area contributed by atoms with Crippen LogP contribution in [0.3, 0.4) is 0 Å². The molecule has 0 aliphatic rings. The van der Waals surface area contributed by atoms with Gasteiger partial charge in [-0.25, -0.2) is 4.79 Å². The van der Waals surface area contributed by atoms with Crippen LogP contribution in [-0.2, 0) is 4.79 Å². The normalized spacial score (nSPS) is 10.3. The van der Waals surface area contributed by atoms with Gasteiger partial charge in [-0.15, -0.1) is 0 Å². The Morgan fingerprint density at radius 3 is 2.50 bits per heavy atom.